The number of nitrogens with one attached hydrogen (secondary N) is 3. The van der Waals surface area contributed by atoms with Gasteiger partial charge in [-0.3, -0.25) is 4.79 Å². The number of fused-ring (bicyclic) bond motifs is 1. The Labute approximate surface area is 215 Å². The second kappa shape index (κ2) is 10.6. The van der Waals surface area contributed by atoms with E-state index in [2.05, 4.69) is 30.6 Å². The normalized spacial score (nSPS) is 15.4. The molecule has 3 heterocycles. The Bertz CT molecular complexity index is 1530. The number of ether oxygens (including phenoxy) is 2. The van der Waals surface area contributed by atoms with Crippen LogP contribution in [0.5, 0.6) is 5.75 Å². The lowest BCUT2D eigenvalue weighted by Crippen LogP contribution is -2.18. The van der Waals surface area contributed by atoms with E-state index in [-0.39, 0.29) is 16.3 Å². The molecule has 186 valence electrons. The van der Waals surface area contributed by atoms with Gasteiger partial charge in [-0.1, -0.05) is 11.6 Å². The number of aromatic amines is 1. The summed E-state index contributed by atoms with van der Waals surface area (Å²) in [7, 11) is 0. The summed E-state index contributed by atoms with van der Waals surface area (Å²) in [6.07, 6.45) is 6.85. The summed E-state index contributed by atoms with van der Waals surface area (Å²) < 4.78 is 25.2. The number of nitrogens with zero attached hydrogens (tertiary/aromatic N) is 4. The Balaban J connectivity index is 1.53. The summed E-state index contributed by atoms with van der Waals surface area (Å²) in [4.78, 5) is 28.5. The molecule has 12 heteroatoms. The second-order valence-corrected chi connectivity index (χ2v) is 8.41. The van der Waals surface area contributed by atoms with Crippen LogP contribution < -0.4 is 15.4 Å². The molecule has 1 fully saturated rings. The number of carbonyl (C=O) groups is 1. The monoisotopic (exact) mass is 519 g/mol. The van der Waals surface area contributed by atoms with Gasteiger partial charge in [-0.2, -0.15) is 5.26 Å². The van der Waals surface area contributed by atoms with Crippen molar-refractivity contribution in [3.05, 3.63) is 71.3 Å². The highest BCUT2D eigenvalue weighted by atomic mass is 35.5. The van der Waals surface area contributed by atoms with Gasteiger partial charge in [0.05, 0.1) is 22.8 Å². The maximum atomic E-state index is 13.6. The predicted octanol–water partition coefficient (Wildman–Crippen LogP) is 4.95. The van der Waals surface area contributed by atoms with Crippen molar-refractivity contribution in [2.45, 2.75) is 19.1 Å². The number of hydrogen-bond donors (Lipinski definition) is 3. The Morgan fingerprint density at radius 2 is 2.19 bits per heavy atom. The molecule has 0 bridgehead atoms. The van der Waals surface area contributed by atoms with Crippen molar-refractivity contribution in [1.29, 1.82) is 5.26 Å². The van der Waals surface area contributed by atoms with Crippen LogP contribution in [-0.2, 0) is 9.53 Å². The highest BCUT2D eigenvalue weighted by molar-refractivity contribution is 6.31. The fourth-order valence-electron chi connectivity index (χ4n) is 3.70. The number of rotatable bonds is 7. The third-order valence-corrected chi connectivity index (χ3v) is 5.77. The van der Waals surface area contributed by atoms with Crippen LogP contribution in [-0.4, -0.2) is 38.7 Å². The number of imidazole rings is 1. The first-order valence-electron chi connectivity index (χ1n) is 11.2. The van der Waals surface area contributed by atoms with Crippen LogP contribution in [0.4, 0.5) is 21.6 Å². The van der Waals surface area contributed by atoms with Gasteiger partial charge in [0.25, 0.3) is 5.91 Å². The SMILES string of the molecule is N#C/C(=C\c1ncc[nH]1)C(=O)Nc1cc2c(Nc3ccc(F)c(Cl)c3)ncnc2cc1O[C@H]1CCCO1. The molecule has 1 saturated heterocycles. The standard InChI is InChI=1S/C25H19ClFN7O3/c26-17-9-15(3-4-18(17)27)33-24-16-10-20(34-25(35)14(12-28)8-22-29-5-6-30-22)21(11-19(16)31-13-32-24)37-23-2-1-7-36-23/h3-6,8-11,13,23H,1-2,7H2,(H,29,30)(H,34,35)(H,31,32,33)/b14-8+/t23-/m0/s1. The van der Waals surface area contributed by atoms with Gasteiger partial charge in [0.15, 0.2) is 6.29 Å². The summed E-state index contributed by atoms with van der Waals surface area (Å²) in [6.45, 7) is 0.570. The maximum Gasteiger partial charge on any atom is 0.266 e. The Hall–Kier alpha value is -4.53. The van der Waals surface area contributed by atoms with Crippen LogP contribution in [0, 0.1) is 17.1 Å². The van der Waals surface area contributed by atoms with E-state index in [0.29, 0.717) is 47.0 Å². The van der Waals surface area contributed by atoms with Crippen molar-refractivity contribution in [1.82, 2.24) is 19.9 Å². The third kappa shape index (κ3) is 5.50. The quantitative estimate of drug-likeness (QED) is 0.230. The van der Waals surface area contributed by atoms with Crippen LogP contribution in [0.1, 0.15) is 18.7 Å². The number of nitriles is 1. The molecule has 0 saturated carbocycles. The van der Waals surface area contributed by atoms with Crippen LogP contribution in [0.25, 0.3) is 17.0 Å². The third-order valence-electron chi connectivity index (χ3n) is 5.48. The molecule has 2 aromatic heterocycles. The van der Waals surface area contributed by atoms with Gasteiger partial charge in [-0.25, -0.2) is 19.3 Å². The molecule has 37 heavy (non-hydrogen) atoms. The van der Waals surface area contributed by atoms with E-state index >= 15 is 0 Å². The highest BCUT2D eigenvalue weighted by Crippen LogP contribution is 2.35. The van der Waals surface area contributed by atoms with Crippen molar-refractivity contribution < 1.29 is 18.7 Å². The zero-order chi connectivity index (χ0) is 25.8. The fourth-order valence-corrected chi connectivity index (χ4v) is 3.88. The molecule has 5 rings (SSSR count). The smallest absolute Gasteiger partial charge is 0.266 e. The van der Waals surface area contributed by atoms with Gasteiger partial charge in [0.2, 0.25) is 0 Å². The molecule has 4 aromatic rings. The molecule has 0 radical (unpaired) electrons. The molecular formula is C25H19ClFN7O3. The van der Waals surface area contributed by atoms with E-state index in [4.69, 9.17) is 21.1 Å². The van der Waals surface area contributed by atoms with Crippen LogP contribution in [0.3, 0.4) is 0 Å². The molecule has 1 aliphatic heterocycles. The summed E-state index contributed by atoms with van der Waals surface area (Å²) in [5.74, 6) is -0.140. The van der Waals surface area contributed by atoms with Crippen LogP contribution in [0.2, 0.25) is 5.02 Å². The van der Waals surface area contributed by atoms with Gasteiger partial charge >= 0.3 is 0 Å². The number of hydrogen-bond acceptors (Lipinski definition) is 8. The number of anilines is 3. The number of aromatic nitrogens is 4. The van der Waals surface area contributed by atoms with Gasteiger partial charge in [-0.15, -0.1) is 0 Å². The van der Waals surface area contributed by atoms with Crippen LogP contribution >= 0.6 is 11.6 Å². The number of carbonyl (C=O) groups excluding carboxylic acids is 1. The van der Waals surface area contributed by atoms with Crippen molar-refractivity contribution >= 4 is 51.7 Å². The molecular weight excluding hydrogens is 501 g/mol. The minimum Gasteiger partial charge on any atom is -0.463 e. The Kier molecular flexibility index (Phi) is 6.93. The number of halogens is 2. The minimum absolute atomic E-state index is 0.0454. The maximum absolute atomic E-state index is 13.6. The zero-order valence-electron chi connectivity index (χ0n) is 19.2. The number of amides is 1. The first-order valence-corrected chi connectivity index (χ1v) is 11.6. The molecule has 0 unspecified atom stereocenters. The molecule has 3 N–H and O–H groups in total. The van der Waals surface area contributed by atoms with Gasteiger partial charge < -0.3 is 25.1 Å². The predicted molar refractivity (Wildman–Crippen MR) is 135 cm³/mol. The summed E-state index contributed by atoms with van der Waals surface area (Å²) in [5, 5.41) is 15.9. The first-order chi connectivity index (χ1) is 18.0. The average Bonchev–Trinajstić information content (AvgIpc) is 3.60. The van der Waals surface area contributed by atoms with E-state index in [9.17, 15) is 14.4 Å². The molecule has 1 atom stereocenters. The second-order valence-electron chi connectivity index (χ2n) is 8.00. The van der Waals surface area contributed by atoms with E-state index in [1.807, 2.05) is 6.07 Å². The van der Waals surface area contributed by atoms with Crippen molar-refractivity contribution in [3.8, 4) is 11.8 Å². The lowest BCUT2D eigenvalue weighted by molar-refractivity contribution is -0.112. The minimum atomic E-state index is -0.660. The topological polar surface area (TPSA) is 138 Å². The van der Waals surface area contributed by atoms with E-state index in [1.54, 1.807) is 18.3 Å². The first kappa shape index (κ1) is 24.2. The Morgan fingerprint density at radius 3 is 2.92 bits per heavy atom. The van der Waals surface area contributed by atoms with Gasteiger partial charge in [-0.05, 0) is 30.7 Å². The average molecular weight is 520 g/mol. The summed E-state index contributed by atoms with van der Waals surface area (Å²) in [6, 6.07) is 9.36. The van der Waals surface area contributed by atoms with Gasteiger partial charge in [0, 0.05) is 42.0 Å². The fraction of sp³-hybridized carbons (Fsp3) is 0.160. The molecule has 1 amide bonds. The molecule has 10 nitrogen and oxygen atoms in total. The van der Waals surface area contributed by atoms with Gasteiger partial charge in [0.1, 0.15) is 41.2 Å². The zero-order valence-corrected chi connectivity index (χ0v) is 19.9. The molecule has 2 aromatic carbocycles. The summed E-state index contributed by atoms with van der Waals surface area (Å²) in [5.41, 5.74) is 1.14. The largest absolute Gasteiger partial charge is 0.463 e. The lowest BCUT2D eigenvalue weighted by atomic mass is 10.1. The molecule has 1 aliphatic rings. The van der Waals surface area contributed by atoms with Crippen molar-refractivity contribution in [2.24, 2.45) is 0 Å². The Morgan fingerprint density at radius 1 is 1.30 bits per heavy atom. The van der Waals surface area contributed by atoms with E-state index < -0.39 is 18.0 Å². The molecule has 0 spiro atoms. The van der Waals surface area contributed by atoms with E-state index in [1.165, 1.54) is 36.8 Å². The van der Waals surface area contributed by atoms with E-state index in [0.717, 1.165) is 6.42 Å². The number of benzene rings is 2. The van der Waals surface area contributed by atoms with Crippen LogP contribution in [0.15, 0.2) is 54.6 Å². The molecule has 0 aliphatic carbocycles. The van der Waals surface area contributed by atoms with Crippen molar-refractivity contribution in [2.75, 3.05) is 17.2 Å². The number of H-pyrrole nitrogens is 1. The highest BCUT2D eigenvalue weighted by Gasteiger charge is 2.22. The summed E-state index contributed by atoms with van der Waals surface area (Å²) >= 11 is 5.91. The van der Waals surface area contributed by atoms with Crippen molar-refractivity contribution in [3.63, 3.8) is 0 Å². The lowest BCUT2D eigenvalue weighted by Gasteiger charge is -2.18.